The van der Waals surface area contributed by atoms with Crippen molar-refractivity contribution >= 4 is 109 Å². The smallest absolute Gasteiger partial charge is 0.222 e. The van der Waals surface area contributed by atoms with Crippen LogP contribution in [0.1, 0.15) is 80.1 Å². The lowest BCUT2D eigenvalue weighted by molar-refractivity contribution is -0.117. The summed E-state index contributed by atoms with van der Waals surface area (Å²) < 4.78 is 35.9. The number of amidine groups is 5. The molecule has 10 aliphatic heterocycles. The standard InChI is InChI=1S/C21H40N3O4PSi.C18H30N3O4P.C16H28N3O3P.C15H26N3O4P.C15H26N3O3P/c1-14-23-19(22)15(13-27-30(8,9)21(2,3)4)12-24(14)20-18(26)17(25)16(28-20)10-11-29(5,6)7;1-7-13-10-21(11(2)19-17(13)20-12(3)22)18-16(24)15(23)14(25-18)8-9-26(4,5)6;1-11-17-13(18(2)3)7-9-19(11)16-15(21)14(20)12(22-16)8-10-23(4,5)6;1-9-17-14(16)10(8-19)7-18(9)15-13(21)12(20)11(22-15)5-6-23(2,3)4;1-9-8-18(10(2)17-14(9)16)15-13(20)12(19)11(21-15)6-7-22(3,4)5/h12,16-18,20,25-26H,1,5,10-11,13H2,2-4,6-9H3,(H2,22,23);10,14-16,18,23-24H,2,4,7-9H2,1,3,5-6H3,(H,19,20,22);7,9,12,14-16,20-21H,1,4,8,10H2,2-3,5-6H3;7,11-13,15,19-21H,1-2,5-6,8H2,3-4H3,(H2,16,17);8,11-13,15,19-20H,2-3,6-7H2,1,4-5H3,(H2,16,17)/t16-,17-,18-,20-;14-,15-,16-,18-;12-,14-,15-,16-;2*11-,12-,13-,15-/m11111/s1. The Morgan fingerprint density at radius 2 is 0.758 bits per heavy atom. The molecule has 0 spiro atoms. The molecule has 10 aliphatic rings. The quantitative estimate of drug-likeness (QED) is 0.0436. The van der Waals surface area contributed by atoms with Crippen LogP contribution in [0.5, 0.6) is 0 Å². The molecule has 10 rings (SSSR count). The summed E-state index contributed by atoms with van der Waals surface area (Å²) >= 11 is 0. The van der Waals surface area contributed by atoms with Gasteiger partial charge in [-0.05, 0) is 167 Å². The van der Waals surface area contributed by atoms with Crippen LogP contribution in [0.2, 0.25) is 18.1 Å². The molecule has 0 bridgehead atoms. The Labute approximate surface area is 738 Å². The van der Waals surface area contributed by atoms with E-state index < -0.39 is 165 Å². The van der Waals surface area contributed by atoms with Gasteiger partial charge in [0.15, 0.2) is 39.5 Å². The number of hydrogen-bond acceptors (Lipinski definition) is 32. The molecule has 18 N–H and O–H groups in total. The Bertz CT molecular complexity index is 4430. The number of carbonyl (C=O) groups excluding carboxylic acids is 1. The van der Waals surface area contributed by atoms with Crippen molar-refractivity contribution in [3.63, 3.8) is 0 Å². The Morgan fingerprint density at radius 1 is 0.476 bits per heavy atom. The number of carbonyl (C=O) groups is 1. The highest BCUT2D eigenvalue weighted by Gasteiger charge is 2.52. The molecule has 5 saturated heterocycles. The van der Waals surface area contributed by atoms with E-state index in [2.05, 4.69) is 195 Å². The summed E-state index contributed by atoms with van der Waals surface area (Å²) in [7, 11) is 1.83. The van der Waals surface area contributed by atoms with Crippen molar-refractivity contribution in [3.8, 4) is 0 Å². The molecule has 702 valence electrons. The summed E-state index contributed by atoms with van der Waals surface area (Å²) in [5.74, 6) is 3.83. The van der Waals surface area contributed by atoms with E-state index in [0.29, 0.717) is 103 Å². The third-order valence-corrected chi connectivity index (χ3v) is 34.4. The van der Waals surface area contributed by atoms with Gasteiger partial charge in [0.2, 0.25) is 5.91 Å². The number of hydrogen-bond donors (Lipinski definition) is 15. The van der Waals surface area contributed by atoms with Gasteiger partial charge in [-0.1, -0.05) is 60.6 Å². The first-order valence-electron chi connectivity index (χ1n) is 41.6. The van der Waals surface area contributed by atoms with Crippen molar-refractivity contribution in [2.24, 2.45) is 42.2 Å². The normalized spacial score (nSPS) is 30.7. The first-order chi connectivity index (χ1) is 56.9. The molecule has 0 aromatic carbocycles. The average molecular weight is 1850 g/mol. The Hall–Kier alpha value is -5.54. The second kappa shape index (κ2) is 43.9. The van der Waals surface area contributed by atoms with Crippen LogP contribution in [-0.2, 0) is 32.9 Å². The van der Waals surface area contributed by atoms with Crippen LogP contribution in [0.3, 0.4) is 0 Å². The zero-order valence-corrected chi connectivity index (χ0v) is 82.4. The van der Waals surface area contributed by atoms with Crippen molar-refractivity contribution in [1.82, 2.24) is 34.7 Å². The zero-order chi connectivity index (χ0) is 94.1. The maximum absolute atomic E-state index is 11.3. The number of rotatable bonds is 25. The molecule has 0 radical (unpaired) electrons. The van der Waals surface area contributed by atoms with Gasteiger partial charge in [-0.3, -0.25) is 4.79 Å². The number of aliphatic hydroxyl groups is 11. The molecule has 5 fully saturated rings. The van der Waals surface area contributed by atoms with Gasteiger partial charge in [0.05, 0.1) is 43.7 Å². The van der Waals surface area contributed by atoms with E-state index in [1.165, 1.54) is 11.8 Å². The summed E-state index contributed by atoms with van der Waals surface area (Å²) in [4.78, 5) is 42.6. The van der Waals surface area contributed by atoms with Crippen LogP contribution in [-0.4, -0.2) is 408 Å². The molecule has 0 unspecified atom stereocenters. The molecule has 1 amide bonds. The topological polar surface area (TPSA) is 466 Å². The maximum atomic E-state index is 11.3. The number of aliphatic hydroxyl groups excluding tert-OH is 11. The number of amides is 1. The van der Waals surface area contributed by atoms with E-state index in [-0.39, 0.29) is 23.4 Å². The fourth-order valence-electron chi connectivity index (χ4n) is 13.8. The second-order valence-corrected chi connectivity index (χ2v) is 64.6. The molecule has 0 aromatic heterocycles. The number of ether oxygens (including phenoxy) is 5. The minimum absolute atomic E-state index is 0.0735. The number of aliphatic imine (C=N–C) groups is 5. The van der Waals surface area contributed by atoms with Crippen LogP contribution < -0.4 is 22.5 Å². The van der Waals surface area contributed by atoms with Crippen LogP contribution in [0.15, 0.2) is 146 Å². The van der Waals surface area contributed by atoms with Gasteiger partial charge in [-0.2, -0.15) is 0 Å². The third kappa shape index (κ3) is 29.7. The van der Waals surface area contributed by atoms with Gasteiger partial charge in [0, 0.05) is 74.3 Å². The van der Waals surface area contributed by atoms with E-state index in [1.54, 1.807) is 50.6 Å². The van der Waals surface area contributed by atoms with Crippen LogP contribution in [0.4, 0.5) is 0 Å². The average Bonchev–Trinajstić information content (AvgIpc) is 1.68. The summed E-state index contributed by atoms with van der Waals surface area (Å²) in [6.45, 7) is 50.7. The van der Waals surface area contributed by atoms with Crippen LogP contribution in [0.25, 0.3) is 0 Å². The van der Waals surface area contributed by atoms with Gasteiger partial charge in [0.25, 0.3) is 0 Å². The number of nitrogens with one attached hydrogen (secondary N) is 1. The highest BCUT2D eigenvalue weighted by atomic mass is 31.2. The van der Waals surface area contributed by atoms with Crippen molar-refractivity contribution in [1.29, 1.82) is 0 Å². The van der Waals surface area contributed by atoms with E-state index in [1.807, 2.05) is 38.9 Å². The minimum atomic E-state index is -1.97. The molecule has 0 aliphatic carbocycles. The monoisotopic (exact) mass is 1850 g/mol. The van der Waals surface area contributed by atoms with E-state index in [9.17, 15) is 61.0 Å². The largest absolute Gasteiger partial charge is 0.412 e. The lowest BCUT2D eigenvalue weighted by Crippen LogP contribution is -2.44. The number of nitrogens with zero attached hydrogens (tertiary/aromatic N) is 11. The Morgan fingerprint density at radius 3 is 1.05 bits per heavy atom. The second-order valence-electron chi connectivity index (χ2n) is 38.2. The highest BCUT2D eigenvalue weighted by molar-refractivity contribution is 7.73. The van der Waals surface area contributed by atoms with Crippen LogP contribution in [0, 0.1) is 0 Å². The molecule has 33 nitrogen and oxygen atoms in total. The van der Waals surface area contributed by atoms with Crippen molar-refractivity contribution in [2.75, 3.05) is 125 Å². The fraction of sp³-hybridized carbons (Fsp3) is 0.635. The lowest BCUT2D eigenvalue weighted by atomic mass is 10.1. The minimum Gasteiger partial charge on any atom is -0.412 e. The molecule has 0 aromatic rings. The lowest BCUT2D eigenvalue weighted by Gasteiger charge is -2.37. The molecular weight excluding hydrogens is 1700 g/mol. The fourth-order valence-corrected chi connectivity index (χ4v) is 19.5. The van der Waals surface area contributed by atoms with Gasteiger partial charge in [0.1, 0.15) is 119 Å². The molecule has 124 heavy (non-hydrogen) atoms. The van der Waals surface area contributed by atoms with Crippen molar-refractivity contribution in [2.45, 2.75) is 221 Å². The number of nitrogens with two attached hydrogens (primary N) is 3. The summed E-state index contributed by atoms with van der Waals surface area (Å²) in [6, 6.07) is 0. The van der Waals surface area contributed by atoms with Crippen molar-refractivity contribution < 1.29 is 89.1 Å². The predicted molar refractivity (Wildman–Crippen MR) is 520 cm³/mol. The van der Waals surface area contributed by atoms with Crippen LogP contribution >= 0.6 is 34.4 Å². The maximum Gasteiger partial charge on any atom is 0.222 e. The van der Waals surface area contributed by atoms with Gasteiger partial charge in [-0.25, -0.2) is 25.0 Å². The highest BCUT2D eigenvalue weighted by Crippen LogP contribution is 2.46. The van der Waals surface area contributed by atoms with Gasteiger partial charge < -0.3 is 136 Å². The Kier molecular flexibility index (Phi) is 38.0. The zero-order valence-electron chi connectivity index (χ0n) is 76.9. The van der Waals surface area contributed by atoms with Gasteiger partial charge in [-0.15, -0.1) is 65.9 Å². The molecule has 10 heterocycles. The van der Waals surface area contributed by atoms with E-state index in [4.69, 9.17) is 45.3 Å². The summed E-state index contributed by atoms with van der Waals surface area (Å²) in [6.07, 6.45) is 23.7. The molecule has 39 heteroatoms. The molecule has 0 saturated carbocycles. The predicted octanol–water partition coefficient (Wildman–Crippen LogP) is 4.66. The van der Waals surface area contributed by atoms with E-state index >= 15 is 0 Å². The molecule has 20 atom stereocenters. The summed E-state index contributed by atoms with van der Waals surface area (Å²) in [5.41, 5.74) is 20.3. The van der Waals surface area contributed by atoms with Gasteiger partial charge >= 0.3 is 0 Å². The Balaban J connectivity index is 0.000000241. The summed E-state index contributed by atoms with van der Waals surface area (Å²) in [5, 5.41) is 116. The first-order valence-corrected chi connectivity index (χ1v) is 59.8. The first kappa shape index (κ1) is 107. The number of likely N-dealkylation sites (N-methyl/N-ethyl adjacent to an activating group) is 1. The SMILES string of the molecule is C=C1N=C(N(C)C)C=CN1[C@@H]1O[C@H](CCP(=C)(C)C)[C@@H](O)[C@H]1O.C=C1N=C(N)C(C)=CN1[C@@H]1O[C@H](CCP(=C)(C)C)[C@@H](O)[C@H]1O.C=C1N=C(N)C(CO)=CN1[C@@H]1O[C@H](CCP(=C)(C)C)[C@@H](O)[C@H]1O.C=C1N=C(N)C(CO[Si](C)(C)C(C)(C)C)=CN1[C@@H]1O[C@H](CCP(=C)(C)C)[C@@H](O)[C@H]1O.C=C1N=C(NC(C)=O)C(CC)=CN1[C@@H]1O[C@H](CCP(=C)(C)C)[C@@H](O)[C@H]1O. The third-order valence-electron chi connectivity index (χ3n) is 22.5. The van der Waals surface area contributed by atoms with Crippen molar-refractivity contribution in [3.05, 3.63) is 121 Å². The van der Waals surface area contributed by atoms with E-state index in [0.717, 1.165) is 47.8 Å². The molecular formula is C85H150N15O18P5Si.